The van der Waals surface area contributed by atoms with Crippen molar-refractivity contribution < 1.29 is 33.5 Å². The van der Waals surface area contributed by atoms with Crippen molar-refractivity contribution in [2.75, 3.05) is 7.11 Å². The van der Waals surface area contributed by atoms with Crippen LogP contribution in [0.5, 0.6) is 11.5 Å². The van der Waals surface area contributed by atoms with Crippen LogP contribution in [0.1, 0.15) is 38.0 Å². The highest BCUT2D eigenvalue weighted by atomic mass is 16.6. The van der Waals surface area contributed by atoms with Gasteiger partial charge in [-0.1, -0.05) is 24.3 Å². The standard InChI is InChI=1S/C35H30N2O9/c1-19(38)44-33-30-27(46-35(2,3)34(33)45-28(39)15-12-20-10-13-23(14-11-20)37(41)42)18-26(43-5)29-31(30)36(4)25-17-22-9-7-6-8-21(22)16-24(25)32(29)40/h6-18,33-34H,1-5H3/t33-,34-/m0/s1. The highest BCUT2D eigenvalue weighted by Crippen LogP contribution is 2.49. The molecule has 1 aromatic heterocycles. The van der Waals surface area contributed by atoms with E-state index in [1.165, 1.54) is 50.5 Å². The van der Waals surface area contributed by atoms with Crippen LogP contribution < -0.4 is 14.9 Å². The Kier molecular flexibility index (Phi) is 7.47. The van der Waals surface area contributed by atoms with Crippen molar-refractivity contribution in [1.29, 1.82) is 0 Å². The summed E-state index contributed by atoms with van der Waals surface area (Å²) in [7, 11) is 3.27. The van der Waals surface area contributed by atoms with Crippen LogP contribution in [0.3, 0.4) is 0 Å². The zero-order chi connectivity index (χ0) is 32.9. The van der Waals surface area contributed by atoms with Gasteiger partial charge < -0.3 is 23.5 Å². The monoisotopic (exact) mass is 622 g/mol. The molecule has 0 amide bonds. The number of nitro benzene ring substituents is 1. The number of pyridine rings is 1. The van der Waals surface area contributed by atoms with E-state index in [9.17, 15) is 24.5 Å². The molecule has 5 aromatic rings. The fourth-order valence-electron chi connectivity index (χ4n) is 6.06. The van der Waals surface area contributed by atoms with Gasteiger partial charge in [-0.25, -0.2) is 4.79 Å². The Morgan fingerprint density at radius 1 is 1.02 bits per heavy atom. The average molecular weight is 623 g/mol. The molecule has 0 fully saturated rings. The summed E-state index contributed by atoms with van der Waals surface area (Å²) >= 11 is 0. The molecule has 0 bridgehead atoms. The lowest BCUT2D eigenvalue weighted by Gasteiger charge is -2.43. The molecule has 0 radical (unpaired) electrons. The van der Waals surface area contributed by atoms with Gasteiger partial charge in [-0.3, -0.25) is 19.7 Å². The molecule has 0 unspecified atom stereocenters. The van der Waals surface area contributed by atoms with Crippen LogP contribution in [0.15, 0.2) is 77.6 Å². The zero-order valence-corrected chi connectivity index (χ0v) is 25.7. The summed E-state index contributed by atoms with van der Waals surface area (Å²) in [4.78, 5) is 50.4. The van der Waals surface area contributed by atoms with E-state index in [0.717, 1.165) is 10.8 Å². The van der Waals surface area contributed by atoms with Gasteiger partial charge >= 0.3 is 11.9 Å². The molecule has 234 valence electrons. The summed E-state index contributed by atoms with van der Waals surface area (Å²) in [5.74, 6) is -0.797. The van der Waals surface area contributed by atoms with E-state index in [1.54, 1.807) is 27.0 Å². The number of nitrogens with zero attached hydrogens (tertiary/aromatic N) is 2. The first-order valence-corrected chi connectivity index (χ1v) is 14.4. The Hall–Kier alpha value is -5.71. The quantitative estimate of drug-likeness (QED) is 0.0717. The van der Waals surface area contributed by atoms with Crippen LogP contribution in [0.2, 0.25) is 0 Å². The summed E-state index contributed by atoms with van der Waals surface area (Å²) in [6.07, 6.45) is 0.331. The maximum atomic E-state index is 14.2. The van der Waals surface area contributed by atoms with E-state index < -0.39 is 34.7 Å². The second-order valence-electron chi connectivity index (χ2n) is 11.6. The maximum absolute atomic E-state index is 14.2. The lowest BCUT2D eigenvalue weighted by molar-refractivity contribution is -0.384. The third-order valence-electron chi connectivity index (χ3n) is 8.19. The van der Waals surface area contributed by atoms with Gasteiger partial charge in [0, 0.05) is 43.6 Å². The van der Waals surface area contributed by atoms with Gasteiger partial charge in [0.2, 0.25) is 5.43 Å². The van der Waals surface area contributed by atoms with Crippen molar-refractivity contribution in [1.82, 2.24) is 4.57 Å². The molecule has 2 atom stereocenters. The number of esters is 2. The molecule has 0 spiro atoms. The third-order valence-corrected chi connectivity index (χ3v) is 8.19. The number of non-ortho nitro benzene ring substituents is 1. The summed E-state index contributed by atoms with van der Waals surface area (Å²) in [5, 5.41) is 13.5. The van der Waals surface area contributed by atoms with E-state index in [4.69, 9.17) is 18.9 Å². The summed E-state index contributed by atoms with van der Waals surface area (Å²) in [5.41, 5.74) is 0.383. The second-order valence-corrected chi connectivity index (χ2v) is 11.6. The Morgan fingerprint density at radius 3 is 2.33 bits per heavy atom. The lowest BCUT2D eigenvalue weighted by atomic mass is 9.86. The Bertz CT molecular complexity index is 2160. The van der Waals surface area contributed by atoms with Crippen LogP contribution in [-0.2, 0) is 26.1 Å². The first-order valence-electron chi connectivity index (χ1n) is 14.4. The highest BCUT2D eigenvalue weighted by molar-refractivity contribution is 6.04. The predicted molar refractivity (Wildman–Crippen MR) is 172 cm³/mol. The van der Waals surface area contributed by atoms with Gasteiger partial charge in [-0.15, -0.1) is 0 Å². The number of benzene rings is 4. The minimum absolute atomic E-state index is 0.0806. The van der Waals surface area contributed by atoms with Crippen LogP contribution >= 0.6 is 0 Å². The van der Waals surface area contributed by atoms with Crippen molar-refractivity contribution in [3.63, 3.8) is 0 Å². The van der Waals surface area contributed by atoms with Gasteiger partial charge in [0.1, 0.15) is 17.1 Å². The topological polar surface area (TPSA) is 136 Å². The van der Waals surface area contributed by atoms with Crippen molar-refractivity contribution >= 4 is 56.3 Å². The molecule has 0 saturated carbocycles. The van der Waals surface area contributed by atoms with Crippen LogP contribution in [0.25, 0.3) is 38.7 Å². The van der Waals surface area contributed by atoms with Gasteiger partial charge in [0.15, 0.2) is 12.2 Å². The number of methoxy groups -OCH3 is 1. The van der Waals surface area contributed by atoms with Crippen LogP contribution in [0.4, 0.5) is 5.69 Å². The number of carbonyl (C=O) groups excluding carboxylic acids is 2. The highest BCUT2D eigenvalue weighted by Gasteiger charge is 2.50. The molecule has 4 aromatic carbocycles. The van der Waals surface area contributed by atoms with E-state index >= 15 is 0 Å². The summed E-state index contributed by atoms with van der Waals surface area (Å²) in [6, 6.07) is 18.7. The van der Waals surface area contributed by atoms with Crippen LogP contribution in [-0.4, -0.2) is 40.2 Å². The number of aryl methyl sites for hydroxylation is 1. The minimum Gasteiger partial charge on any atom is -0.496 e. The number of carbonyl (C=O) groups is 2. The number of rotatable bonds is 6. The second kappa shape index (κ2) is 11.3. The molecule has 0 N–H and O–H groups in total. The number of fused-ring (bicyclic) bond motifs is 5. The van der Waals surface area contributed by atoms with E-state index in [0.29, 0.717) is 33.3 Å². The fourth-order valence-corrected chi connectivity index (χ4v) is 6.06. The van der Waals surface area contributed by atoms with Crippen molar-refractivity contribution in [2.24, 2.45) is 7.05 Å². The SMILES string of the molecule is COc1cc2c(c3c1c(=O)c1cc4ccccc4cc1n3C)[C@H](OC(C)=O)[C@H](OC(=O)C=Cc1ccc([N+](=O)[O-])cc1)C(C)(C)O2. The first kappa shape index (κ1) is 30.3. The Labute approximate surface area is 262 Å². The van der Waals surface area contributed by atoms with E-state index in [2.05, 4.69) is 0 Å². The minimum atomic E-state index is -1.20. The molecule has 1 aliphatic rings. The smallest absolute Gasteiger partial charge is 0.331 e. The summed E-state index contributed by atoms with van der Waals surface area (Å²) in [6.45, 7) is 4.65. The molecule has 0 aliphatic carbocycles. The van der Waals surface area contributed by atoms with Gasteiger partial charge in [-0.05, 0) is 60.5 Å². The molecule has 0 saturated heterocycles. The number of nitro groups is 1. The molecule has 46 heavy (non-hydrogen) atoms. The number of ether oxygens (including phenoxy) is 4. The Balaban J connectivity index is 1.52. The molecule has 11 nitrogen and oxygen atoms in total. The number of hydrogen-bond acceptors (Lipinski definition) is 9. The van der Waals surface area contributed by atoms with Gasteiger partial charge in [0.25, 0.3) is 5.69 Å². The molecule has 2 heterocycles. The van der Waals surface area contributed by atoms with Crippen LogP contribution in [0, 0.1) is 10.1 Å². The van der Waals surface area contributed by atoms with Gasteiger partial charge in [0.05, 0.1) is 34.0 Å². The molecule has 6 rings (SSSR count). The predicted octanol–water partition coefficient (Wildman–Crippen LogP) is 6.16. The van der Waals surface area contributed by atoms with Crippen molar-refractivity contribution in [3.05, 3.63) is 104 Å². The molecular weight excluding hydrogens is 592 g/mol. The third kappa shape index (κ3) is 5.19. The van der Waals surface area contributed by atoms with Gasteiger partial charge in [-0.2, -0.15) is 0 Å². The molecule has 11 heteroatoms. The molecule has 1 aliphatic heterocycles. The number of hydrogen-bond donors (Lipinski definition) is 0. The largest absolute Gasteiger partial charge is 0.496 e. The number of aromatic nitrogens is 1. The van der Waals surface area contributed by atoms with E-state index in [-0.39, 0.29) is 22.3 Å². The fraction of sp³-hybridized carbons (Fsp3) is 0.229. The lowest BCUT2D eigenvalue weighted by Crippen LogP contribution is -2.52. The zero-order valence-electron chi connectivity index (χ0n) is 25.7. The van der Waals surface area contributed by atoms with E-state index in [1.807, 2.05) is 41.0 Å². The van der Waals surface area contributed by atoms with Crippen molar-refractivity contribution in [2.45, 2.75) is 38.6 Å². The Morgan fingerprint density at radius 2 is 1.70 bits per heavy atom. The summed E-state index contributed by atoms with van der Waals surface area (Å²) < 4.78 is 25.8. The van der Waals surface area contributed by atoms with Crippen molar-refractivity contribution in [3.8, 4) is 11.5 Å². The maximum Gasteiger partial charge on any atom is 0.331 e. The normalized spacial score (nSPS) is 17.1. The average Bonchev–Trinajstić information content (AvgIpc) is 3.02. The first-order chi connectivity index (χ1) is 21.9. The molecular formula is C35H30N2O9.